The van der Waals surface area contributed by atoms with Crippen molar-refractivity contribution in [3.05, 3.63) is 36.2 Å². The number of aromatic nitrogens is 2. The molecule has 0 spiro atoms. The first-order valence-corrected chi connectivity index (χ1v) is 9.02. The van der Waals surface area contributed by atoms with Gasteiger partial charge in [0, 0.05) is 24.7 Å². The Balaban J connectivity index is 2.36. The molecule has 2 N–H and O–H groups in total. The minimum Gasteiger partial charge on any atom is -0.443 e. The first kappa shape index (κ1) is 21.1. The van der Waals surface area contributed by atoms with Crippen LogP contribution in [0.5, 0.6) is 0 Å². The van der Waals surface area contributed by atoms with Gasteiger partial charge in [0.15, 0.2) is 0 Å². The average Bonchev–Trinajstić information content (AvgIpc) is 2.63. The van der Waals surface area contributed by atoms with E-state index in [1.54, 1.807) is 45.2 Å². The Bertz CT molecular complexity index is 859. The van der Waals surface area contributed by atoms with Crippen LogP contribution in [-0.4, -0.2) is 34.6 Å². The molecule has 150 valence electrons. The number of nitrogens with zero attached hydrogens (tertiary/aromatic N) is 4. The summed E-state index contributed by atoms with van der Waals surface area (Å²) < 4.78 is 5.38. The second kappa shape index (κ2) is 8.24. The van der Waals surface area contributed by atoms with Crippen molar-refractivity contribution in [2.45, 2.75) is 46.6 Å². The second-order valence-electron chi connectivity index (χ2n) is 7.35. The fourth-order valence-corrected chi connectivity index (χ4v) is 2.48. The normalized spacial score (nSPS) is 11.1. The molecule has 0 atom stereocenters. The van der Waals surface area contributed by atoms with Gasteiger partial charge in [0.2, 0.25) is 5.91 Å². The second-order valence-corrected chi connectivity index (χ2v) is 7.35. The largest absolute Gasteiger partial charge is 0.443 e. The van der Waals surface area contributed by atoms with Crippen molar-refractivity contribution >= 4 is 35.0 Å². The Morgan fingerprint density at radius 1 is 1.11 bits per heavy atom. The molecule has 0 aliphatic carbocycles. The molecular weight excluding hydrogens is 358 g/mol. The van der Waals surface area contributed by atoms with Crippen LogP contribution in [0.25, 0.3) is 0 Å². The van der Waals surface area contributed by atoms with E-state index in [1.165, 1.54) is 16.1 Å². The molecule has 2 rings (SSSR count). The van der Waals surface area contributed by atoms with Gasteiger partial charge < -0.3 is 10.5 Å². The van der Waals surface area contributed by atoms with Crippen LogP contribution < -0.4 is 15.5 Å². The van der Waals surface area contributed by atoms with Crippen LogP contribution in [0.1, 0.15) is 39.7 Å². The van der Waals surface area contributed by atoms with Gasteiger partial charge in [-0.1, -0.05) is 6.92 Å². The maximum absolute atomic E-state index is 12.6. The fraction of sp³-hybridized carbons (Fsp3) is 0.400. The Labute approximate surface area is 165 Å². The molecule has 8 heteroatoms. The van der Waals surface area contributed by atoms with E-state index in [9.17, 15) is 9.59 Å². The van der Waals surface area contributed by atoms with Crippen LogP contribution in [0.2, 0.25) is 0 Å². The standard InChI is InChI=1S/C20H27N5O3/c1-7-16(26)25(18-13(2)17(21)22-12-23-18)15-10-8-14(9-11-15)24(6)19(27)28-20(3,4)5/h8-12H,7H2,1-6H3,(H2,21,22,23). The Morgan fingerprint density at radius 3 is 2.21 bits per heavy atom. The number of nitrogens with two attached hydrogens (primary N) is 1. The molecule has 0 saturated heterocycles. The number of carbonyl (C=O) groups is 2. The molecule has 0 aliphatic rings. The zero-order valence-electron chi connectivity index (χ0n) is 17.2. The van der Waals surface area contributed by atoms with Crippen molar-refractivity contribution < 1.29 is 14.3 Å². The topological polar surface area (TPSA) is 102 Å². The van der Waals surface area contributed by atoms with Crippen LogP contribution >= 0.6 is 0 Å². The fourth-order valence-electron chi connectivity index (χ4n) is 2.48. The van der Waals surface area contributed by atoms with Crippen molar-refractivity contribution in [1.29, 1.82) is 0 Å². The van der Waals surface area contributed by atoms with Crippen LogP contribution in [0, 0.1) is 6.92 Å². The van der Waals surface area contributed by atoms with E-state index in [1.807, 2.05) is 20.8 Å². The zero-order chi connectivity index (χ0) is 21.1. The van der Waals surface area contributed by atoms with Crippen molar-refractivity contribution in [3.63, 3.8) is 0 Å². The molecule has 2 aromatic rings. The van der Waals surface area contributed by atoms with Crippen LogP contribution in [-0.2, 0) is 9.53 Å². The summed E-state index contributed by atoms with van der Waals surface area (Å²) in [6.45, 7) is 8.98. The highest BCUT2D eigenvalue weighted by molar-refractivity contribution is 6.00. The molecule has 8 nitrogen and oxygen atoms in total. The lowest BCUT2D eigenvalue weighted by Gasteiger charge is -2.26. The van der Waals surface area contributed by atoms with Gasteiger partial charge >= 0.3 is 6.09 Å². The first-order chi connectivity index (χ1) is 13.0. The smallest absolute Gasteiger partial charge is 0.414 e. The lowest BCUT2D eigenvalue weighted by Crippen LogP contribution is -2.34. The highest BCUT2D eigenvalue weighted by Gasteiger charge is 2.23. The summed E-state index contributed by atoms with van der Waals surface area (Å²) in [4.78, 5) is 36.0. The average molecular weight is 385 g/mol. The molecule has 28 heavy (non-hydrogen) atoms. The minimum atomic E-state index is -0.583. The number of rotatable bonds is 4. The summed E-state index contributed by atoms with van der Waals surface area (Å²) in [5.74, 6) is 0.627. The van der Waals surface area contributed by atoms with E-state index in [2.05, 4.69) is 9.97 Å². The number of nitrogen functional groups attached to an aromatic ring is 1. The third kappa shape index (κ3) is 4.76. The van der Waals surface area contributed by atoms with Crippen molar-refractivity contribution in [1.82, 2.24) is 9.97 Å². The molecule has 2 amide bonds. The number of carbonyl (C=O) groups excluding carboxylic acids is 2. The molecule has 0 aliphatic heterocycles. The van der Waals surface area contributed by atoms with E-state index < -0.39 is 11.7 Å². The summed E-state index contributed by atoms with van der Waals surface area (Å²) in [6.07, 6.45) is 1.17. The lowest BCUT2D eigenvalue weighted by atomic mass is 10.2. The summed E-state index contributed by atoms with van der Waals surface area (Å²) in [5, 5.41) is 0. The summed E-state index contributed by atoms with van der Waals surface area (Å²) in [6, 6.07) is 6.99. The highest BCUT2D eigenvalue weighted by atomic mass is 16.6. The molecule has 0 bridgehead atoms. The number of hydrogen-bond donors (Lipinski definition) is 1. The van der Waals surface area contributed by atoms with E-state index in [4.69, 9.17) is 10.5 Å². The third-order valence-corrected chi connectivity index (χ3v) is 4.02. The van der Waals surface area contributed by atoms with Crippen molar-refractivity contribution in [2.75, 3.05) is 22.6 Å². The summed E-state index contributed by atoms with van der Waals surface area (Å²) >= 11 is 0. The van der Waals surface area contributed by atoms with Gasteiger partial charge in [0.1, 0.15) is 23.6 Å². The minimum absolute atomic E-state index is 0.130. The Hall–Kier alpha value is -3.16. The van der Waals surface area contributed by atoms with Gasteiger partial charge in [-0.25, -0.2) is 14.8 Å². The van der Waals surface area contributed by atoms with Gasteiger partial charge in [0.05, 0.1) is 5.69 Å². The predicted octanol–water partition coefficient (Wildman–Crippen LogP) is 3.81. The molecule has 1 heterocycles. The molecule has 1 aromatic carbocycles. The molecule has 0 radical (unpaired) electrons. The molecule has 0 fully saturated rings. The maximum Gasteiger partial charge on any atom is 0.414 e. The molecule has 0 unspecified atom stereocenters. The number of hydrogen-bond acceptors (Lipinski definition) is 6. The van der Waals surface area contributed by atoms with Gasteiger partial charge in [-0.3, -0.25) is 14.6 Å². The van der Waals surface area contributed by atoms with E-state index in [0.717, 1.165) is 0 Å². The highest BCUT2D eigenvalue weighted by Crippen LogP contribution is 2.30. The van der Waals surface area contributed by atoms with Crippen LogP contribution in [0.4, 0.5) is 27.8 Å². The molecule has 0 saturated carbocycles. The maximum atomic E-state index is 12.6. The zero-order valence-corrected chi connectivity index (χ0v) is 17.2. The van der Waals surface area contributed by atoms with Crippen LogP contribution in [0.15, 0.2) is 30.6 Å². The lowest BCUT2D eigenvalue weighted by molar-refractivity contribution is -0.117. The van der Waals surface area contributed by atoms with Gasteiger partial charge in [0.25, 0.3) is 0 Å². The van der Waals surface area contributed by atoms with Gasteiger partial charge in [-0.15, -0.1) is 0 Å². The monoisotopic (exact) mass is 385 g/mol. The van der Waals surface area contributed by atoms with Crippen molar-refractivity contribution in [3.8, 4) is 0 Å². The van der Waals surface area contributed by atoms with Gasteiger partial charge in [-0.05, 0) is 52.0 Å². The van der Waals surface area contributed by atoms with E-state index >= 15 is 0 Å². The van der Waals surface area contributed by atoms with Gasteiger partial charge in [-0.2, -0.15) is 0 Å². The van der Waals surface area contributed by atoms with E-state index in [-0.39, 0.29) is 5.91 Å². The third-order valence-electron chi connectivity index (χ3n) is 4.02. The predicted molar refractivity (Wildman–Crippen MR) is 110 cm³/mol. The quantitative estimate of drug-likeness (QED) is 0.858. The summed E-state index contributed by atoms with van der Waals surface area (Å²) in [5.41, 5.74) is 7.18. The number of ether oxygens (including phenoxy) is 1. The first-order valence-electron chi connectivity index (χ1n) is 9.02. The Morgan fingerprint density at radius 2 is 1.68 bits per heavy atom. The molecule has 1 aromatic heterocycles. The number of amides is 2. The van der Waals surface area contributed by atoms with Crippen molar-refractivity contribution in [2.24, 2.45) is 0 Å². The number of anilines is 4. The molecular formula is C20H27N5O3. The summed E-state index contributed by atoms with van der Waals surface area (Å²) in [7, 11) is 1.63. The van der Waals surface area contributed by atoms with Crippen LogP contribution in [0.3, 0.4) is 0 Å². The number of benzene rings is 1. The van der Waals surface area contributed by atoms with E-state index in [0.29, 0.717) is 35.0 Å². The SMILES string of the molecule is CCC(=O)N(c1ccc(N(C)C(=O)OC(C)(C)C)cc1)c1ncnc(N)c1C. The Kier molecular flexibility index (Phi) is 6.23.